The minimum atomic E-state index is -3.97. The quantitative estimate of drug-likeness (QED) is 0.0954. The number of aliphatic carboxylic acids is 1. The molecule has 0 aliphatic heterocycles. The number of guanidine groups is 1. The normalized spacial score (nSPS) is 22.6. The number of carbonyl (C=O) groups excluding carboxylic acids is 1. The Morgan fingerprint density at radius 1 is 1.21 bits per heavy atom. The van der Waals surface area contributed by atoms with Crippen molar-refractivity contribution in [3.05, 3.63) is 30.0 Å². The third-order valence-electron chi connectivity index (χ3n) is 8.01. The van der Waals surface area contributed by atoms with Crippen molar-refractivity contribution in [3.63, 3.8) is 0 Å². The lowest BCUT2D eigenvalue weighted by Gasteiger charge is -2.38. The fraction of sp³-hybridized carbons (Fsp3) is 0.542. The van der Waals surface area contributed by atoms with Gasteiger partial charge in [0.2, 0.25) is 16.0 Å². The number of nitrogens with one attached hydrogen (secondary N) is 3. The van der Waals surface area contributed by atoms with E-state index < -0.39 is 44.6 Å². The first-order valence-electron chi connectivity index (χ1n) is 12.4. The molecular formula is C24H34N6O7S. The van der Waals surface area contributed by atoms with Crippen LogP contribution >= 0.6 is 0 Å². The van der Waals surface area contributed by atoms with Gasteiger partial charge in [-0.15, -0.1) is 0 Å². The summed E-state index contributed by atoms with van der Waals surface area (Å²) in [7, 11) is -3.97. The molecule has 2 bridgehead atoms. The standard InChI is InChI=1S/C24H34N6O7S/c1-23(2)15-5-7-24(23,8-6-15)38(34,35)30-19(21(32)33)13-27-20(31)18-12-14-11-16(3-4-17(14)28-18)36-9-10-37-29-22(25)26/h3-4,11-12,15,19,28,30H,5-10,13H2,1-2H3,(H,27,31)(H,32,33)(H4,25,26,29). The molecule has 1 atom stereocenters. The minimum absolute atomic E-state index is 0.129. The molecule has 2 aromatic rings. The molecule has 14 heteroatoms. The van der Waals surface area contributed by atoms with Crippen LogP contribution in [-0.2, 0) is 19.7 Å². The number of hydrogen-bond acceptors (Lipinski definition) is 7. The van der Waals surface area contributed by atoms with Gasteiger partial charge in [0.15, 0.2) is 6.61 Å². The lowest BCUT2D eigenvalue weighted by atomic mass is 9.81. The van der Waals surface area contributed by atoms with Crippen molar-refractivity contribution in [3.8, 4) is 5.75 Å². The highest BCUT2D eigenvalue weighted by molar-refractivity contribution is 7.91. The molecule has 2 aliphatic rings. The van der Waals surface area contributed by atoms with E-state index in [1.54, 1.807) is 24.3 Å². The van der Waals surface area contributed by atoms with Crippen LogP contribution < -0.4 is 26.2 Å². The van der Waals surface area contributed by atoms with Gasteiger partial charge in [-0.05, 0) is 66.4 Å². The van der Waals surface area contributed by atoms with Crippen LogP contribution in [0.15, 0.2) is 29.4 Å². The molecule has 0 saturated heterocycles. The summed E-state index contributed by atoms with van der Waals surface area (Å²) in [5.41, 5.74) is 10.7. The highest BCUT2D eigenvalue weighted by atomic mass is 32.2. The zero-order chi connectivity index (χ0) is 27.7. The number of carboxylic acids is 1. The Bertz CT molecular complexity index is 1340. The van der Waals surface area contributed by atoms with E-state index in [1.807, 2.05) is 13.8 Å². The molecule has 1 heterocycles. The van der Waals surface area contributed by atoms with Gasteiger partial charge in [0, 0.05) is 17.4 Å². The van der Waals surface area contributed by atoms with Gasteiger partial charge in [0.25, 0.3) is 5.91 Å². The molecule has 1 aromatic carbocycles. The molecule has 8 N–H and O–H groups in total. The van der Waals surface area contributed by atoms with Gasteiger partial charge in [-0.1, -0.05) is 13.8 Å². The van der Waals surface area contributed by atoms with Gasteiger partial charge in [0.1, 0.15) is 24.1 Å². The summed E-state index contributed by atoms with van der Waals surface area (Å²) in [4.78, 5) is 32.5. The first kappa shape index (κ1) is 27.5. The van der Waals surface area contributed by atoms with Gasteiger partial charge < -0.3 is 36.4 Å². The highest BCUT2D eigenvalue weighted by Crippen LogP contribution is 2.63. The van der Waals surface area contributed by atoms with E-state index in [1.165, 1.54) is 0 Å². The predicted molar refractivity (Wildman–Crippen MR) is 140 cm³/mol. The predicted octanol–water partition coefficient (Wildman–Crippen LogP) is 0.823. The Kier molecular flexibility index (Phi) is 7.48. The summed E-state index contributed by atoms with van der Waals surface area (Å²) in [6, 6.07) is 5.23. The maximum absolute atomic E-state index is 13.4. The molecule has 38 heavy (non-hydrogen) atoms. The number of amides is 1. The van der Waals surface area contributed by atoms with Crippen LogP contribution in [0, 0.1) is 11.3 Å². The van der Waals surface area contributed by atoms with Crippen molar-refractivity contribution < 1.29 is 32.7 Å². The number of ether oxygens (including phenoxy) is 1. The smallest absolute Gasteiger partial charge is 0.323 e. The fourth-order valence-electron chi connectivity index (χ4n) is 5.85. The van der Waals surface area contributed by atoms with Crippen molar-refractivity contribution >= 4 is 38.8 Å². The summed E-state index contributed by atoms with van der Waals surface area (Å²) in [5, 5.41) is 16.3. The van der Waals surface area contributed by atoms with E-state index in [9.17, 15) is 23.1 Å². The Labute approximate surface area is 220 Å². The summed E-state index contributed by atoms with van der Waals surface area (Å²) in [6.07, 6.45) is 2.62. The molecule has 4 rings (SSSR count). The minimum Gasteiger partial charge on any atom is -0.490 e. The topological polar surface area (TPSA) is 211 Å². The zero-order valence-electron chi connectivity index (χ0n) is 21.3. The van der Waals surface area contributed by atoms with E-state index in [0.29, 0.717) is 35.4 Å². The number of benzene rings is 1. The molecule has 0 spiro atoms. The highest BCUT2D eigenvalue weighted by Gasteiger charge is 2.65. The third kappa shape index (κ3) is 5.10. The monoisotopic (exact) mass is 550 g/mol. The number of carbonyl (C=O) groups is 2. The number of oxime groups is 1. The van der Waals surface area contributed by atoms with Crippen LogP contribution in [0.3, 0.4) is 0 Å². The first-order valence-corrected chi connectivity index (χ1v) is 13.8. The number of hydrogen-bond donors (Lipinski definition) is 6. The molecule has 2 aliphatic carbocycles. The Morgan fingerprint density at radius 2 is 1.92 bits per heavy atom. The number of carboxylic acid groups (broad SMARTS) is 1. The van der Waals surface area contributed by atoms with Crippen LogP contribution in [0.2, 0.25) is 0 Å². The maximum atomic E-state index is 13.4. The second-order valence-electron chi connectivity index (χ2n) is 10.3. The van der Waals surface area contributed by atoms with E-state index in [-0.39, 0.29) is 24.9 Å². The van der Waals surface area contributed by atoms with Crippen LogP contribution in [0.4, 0.5) is 0 Å². The Hall–Kier alpha value is -3.52. The van der Waals surface area contributed by atoms with Crippen molar-refractivity contribution in [2.75, 3.05) is 19.8 Å². The van der Waals surface area contributed by atoms with Gasteiger partial charge in [-0.3, -0.25) is 9.59 Å². The van der Waals surface area contributed by atoms with Crippen LogP contribution in [0.1, 0.15) is 50.0 Å². The molecule has 0 radical (unpaired) electrons. The maximum Gasteiger partial charge on any atom is 0.323 e. The lowest BCUT2D eigenvalue weighted by molar-refractivity contribution is -0.138. The average Bonchev–Trinajstić information content (AvgIpc) is 3.48. The Morgan fingerprint density at radius 3 is 2.53 bits per heavy atom. The number of nitrogens with two attached hydrogens (primary N) is 2. The molecule has 1 amide bonds. The number of aromatic nitrogens is 1. The van der Waals surface area contributed by atoms with E-state index in [4.69, 9.17) is 21.0 Å². The number of H-pyrrole nitrogens is 1. The number of aromatic amines is 1. The second kappa shape index (κ2) is 10.3. The largest absolute Gasteiger partial charge is 0.490 e. The summed E-state index contributed by atoms with van der Waals surface area (Å²) >= 11 is 0. The molecule has 1 unspecified atom stereocenters. The molecule has 2 fully saturated rings. The SMILES string of the molecule is CC1(C)C2CCC1(S(=O)(=O)NC(CNC(=O)c1cc3cc(OCCON=C(N)N)ccc3[nH]1)C(=O)O)CC2. The summed E-state index contributed by atoms with van der Waals surface area (Å²) in [5.74, 6) is -1.30. The lowest BCUT2D eigenvalue weighted by Crippen LogP contribution is -2.57. The zero-order valence-corrected chi connectivity index (χ0v) is 22.1. The second-order valence-corrected chi connectivity index (χ2v) is 12.4. The van der Waals surface area contributed by atoms with E-state index in [2.05, 4.69) is 20.2 Å². The average molecular weight is 551 g/mol. The first-order chi connectivity index (χ1) is 17.9. The van der Waals surface area contributed by atoms with E-state index in [0.717, 1.165) is 12.8 Å². The third-order valence-corrected chi connectivity index (χ3v) is 10.6. The molecule has 1 aromatic heterocycles. The van der Waals surface area contributed by atoms with Crippen LogP contribution in [-0.4, -0.2) is 66.9 Å². The van der Waals surface area contributed by atoms with Crippen LogP contribution in [0.25, 0.3) is 10.9 Å². The molecule has 13 nitrogen and oxygen atoms in total. The number of fused-ring (bicyclic) bond motifs is 3. The van der Waals surface area contributed by atoms with Crippen molar-refractivity contribution in [2.24, 2.45) is 28.0 Å². The Balaban J connectivity index is 1.38. The van der Waals surface area contributed by atoms with Crippen molar-refractivity contribution in [1.29, 1.82) is 0 Å². The van der Waals surface area contributed by atoms with Gasteiger partial charge in [-0.2, -0.15) is 4.72 Å². The van der Waals surface area contributed by atoms with Crippen molar-refractivity contribution in [1.82, 2.24) is 15.0 Å². The van der Waals surface area contributed by atoms with Gasteiger partial charge in [0.05, 0.1) is 4.75 Å². The van der Waals surface area contributed by atoms with Gasteiger partial charge in [-0.25, -0.2) is 8.42 Å². The van der Waals surface area contributed by atoms with Gasteiger partial charge >= 0.3 is 5.97 Å². The van der Waals surface area contributed by atoms with E-state index >= 15 is 0 Å². The van der Waals surface area contributed by atoms with Crippen molar-refractivity contribution in [2.45, 2.75) is 50.3 Å². The van der Waals surface area contributed by atoms with Crippen LogP contribution in [0.5, 0.6) is 5.75 Å². The summed E-state index contributed by atoms with van der Waals surface area (Å²) in [6.45, 7) is 3.80. The number of nitrogens with zero attached hydrogens (tertiary/aromatic N) is 1. The number of rotatable bonds is 12. The fourth-order valence-corrected chi connectivity index (χ4v) is 8.26. The molecular weight excluding hydrogens is 516 g/mol. The summed E-state index contributed by atoms with van der Waals surface area (Å²) < 4.78 is 33.8. The molecule has 208 valence electrons. The number of sulfonamides is 1. The molecule has 2 saturated carbocycles.